The second kappa shape index (κ2) is 39.9. The van der Waals surface area contributed by atoms with Gasteiger partial charge in [0.2, 0.25) is 0 Å². The zero-order valence-corrected chi connectivity index (χ0v) is 58.9. The van der Waals surface area contributed by atoms with E-state index in [9.17, 15) is 159 Å². The predicted molar refractivity (Wildman–Crippen MR) is 321 cm³/mol. The summed E-state index contributed by atoms with van der Waals surface area (Å²) in [7, 11) is -28.9. The molecule has 0 aromatic carbocycles. The van der Waals surface area contributed by atoms with E-state index in [0.717, 1.165) is 0 Å². The van der Waals surface area contributed by atoms with Gasteiger partial charge < -0.3 is 201 Å². The smallest absolute Gasteiger partial charge is 0.477 e. The molecule has 624 valence electrons. The van der Waals surface area contributed by atoms with Crippen LogP contribution in [0.25, 0.3) is 0 Å². The van der Waals surface area contributed by atoms with Crippen LogP contribution in [-0.2, 0) is 116 Å². The molecule has 4 unspecified atom stereocenters. The highest BCUT2D eigenvalue weighted by Gasteiger charge is 2.63. The van der Waals surface area contributed by atoms with Gasteiger partial charge in [0.15, 0.2) is 31.5 Å². The number of carboxylic acids is 1. The van der Waals surface area contributed by atoms with Gasteiger partial charge in [0, 0.05) is 26.1 Å². The Morgan fingerprint density at radius 2 is 0.868 bits per heavy atom. The number of nitrogens with two attached hydrogens (primary N) is 3. The Hall–Kier alpha value is -1.26. The number of aliphatic carboxylic acids is 1. The lowest BCUT2D eigenvalue weighted by Crippen LogP contribution is -2.71. The van der Waals surface area contributed by atoms with Crippen LogP contribution in [0, 0.1) is 0 Å². The molecule has 6 fully saturated rings. The molecule has 0 amide bonds. The molecule has 0 radical (unpaired) electrons. The minimum absolute atomic E-state index is 0.488. The SMILES string of the molecule is NCCOP(=O)(O)O[C@H]1[C@H](O)[C@H](O[C@@H]2O[C@H](CO)[C@@H](O)[C@H](O)[C@H]2O)[C@@H](O[C@@H]2[C@@H](O[C@@H]3[C@H](O)[C@@H](O[C@H]4[C@@H]([C@H](O)CO)O[C@@](O)(C(=O)O)C[C@H]4OP(=O)(O)OP(=O)(O)OCCN)O[C@H]([C@@H](O)CO)[C@H]3O[C@@H]3O[C@H](COP(=O)(O)O)[C@@H](O)[C@H](O)[C@H]3O)O[C@H]([C@H](CO)OP(=O)(O)OCCN)[C@@H](O)[C@@H]2O)O[C@@H]1[C@@H](O)CO. The van der Waals surface area contributed by atoms with E-state index in [1.165, 1.54) is 0 Å². The van der Waals surface area contributed by atoms with E-state index in [1.54, 1.807) is 0 Å². The van der Waals surface area contributed by atoms with Crippen LogP contribution in [0.3, 0.4) is 0 Å². The first kappa shape index (κ1) is 93.6. The molecular formula is C47H90N3O51P5. The number of aliphatic hydroxyl groups excluding tert-OH is 18. The molecule has 0 aliphatic carbocycles. The molecule has 0 bridgehead atoms. The van der Waals surface area contributed by atoms with Crippen LogP contribution < -0.4 is 17.2 Å². The molecule has 32 N–H and O–H groups in total. The molecule has 6 aliphatic heterocycles. The maximum atomic E-state index is 13.7. The van der Waals surface area contributed by atoms with Crippen molar-refractivity contribution in [1.29, 1.82) is 0 Å². The minimum atomic E-state index is -6.36. The van der Waals surface area contributed by atoms with E-state index in [1.807, 2.05) is 0 Å². The van der Waals surface area contributed by atoms with Gasteiger partial charge in [-0.25, -0.2) is 27.6 Å². The van der Waals surface area contributed by atoms with Gasteiger partial charge in [-0.3, -0.25) is 31.7 Å². The summed E-state index contributed by atoms with van der Waals surface area (Å²) in [5.41, 5.74) is 16.1. The summed E-state index contributed by atoms with van der Waals surface area (Å²) in [4.78, 5) is 74.3. The van der Waals surface area contributed by atoms with Crippen molar-refractivity contribution in [2.45, 2.75) is 208 Å². The fourth-order valence-electron chi connectivity index (χ4n) is 11.2. The third kappa shape index (κ3) is 23.9. The summed E-state index contributed by atoms with van der Waals surface area (Å²) < 4.78 is 167. The van der Waals surface area contributed by atoms with Gasteiger partial charge in [0.25, 0.3) is 5.79 Å². The van der Waals surface area contributed by atoms with E-state index < -0.39 is 333 Å². The standard InChI is InChI=1S/C47H90N3O51P5/c48-1-4-83-103(75,76)99-19(12-55)34-25(63)26(64)38(95-45-39(94-41-27(65)23(61)21(59)18(11-54)87-41)29(67)37(31(90-45)14(56)8-51)100-104(77,78)84-5-2-49)44(91-34)93-36-30(68)43(89-32(15(57)9-52)40(36)96-42-28(66)24(62)22(60)20(88-42)13-86-102(72,73)74)92-35-17(98-106(81,82)101-105(79,80)85-6-3-50)7-47(71,46(69)70)97-33(35)16(58)10-53/h14-45,51-68,71H,1-13,48-50H2,(H,69,70)(H,75,76)(H,77,78)(H,79,80)(H,81,82)(H2,72,73,74)/t14-,15-,16+,17+,18+,19-,20+,21+,22+,23-,24-,25-,26-,27+,28+,29-,30-,31+,32+,33+,34+,35+,36+,37-,38-,39-,40+,41-,42-,43+,44+,45+,47+/m0/s1. The van der Waals surface area contributed by atoms with Crippen molar-refractivity contribution in [3.63, 3.8) is 0 Å². The summed E-state index contributed by atoms with van der Waals surface area (Å²) >= 11 is 0. The van der Waals surface area contributed by atoms with Gasteiger partial charge in [-0.2, -0.15) is 4.31 Å². The summed E-state index contributed by atoms with van der Waals surface area (Å²) in [5, 5.41) is 224. The van der Waals surface area contributed by atoms with Crippen molar-refractivity contribution >= 4 is 45.1 Å². The van der Waals surface area contributed by atoms with E-state index in [0.29, 0.717) is 0 Å². The normalized spacial score (nSPS) is 42.0. The van der Waals surface area contributed by atoms with Gasteiger partial charge in [-0.05, 0) is 0 Å². The van der Waals surface area contributed by atoms with Gasteiger partial charge >= 0.3 is 45.1 Å². The van der Waals surface area contributed by atoms with Crippen molar-refractivity contribution in [1.82, 2.24) is 0 Å². The largest absolute Gasteiger partial charge is 0.481 e. The Morgan fingerprint density at radius 3 is 1.38 bits per heavy atom. The number of ether oxygens (including phenoxy) is 11. The van der Waals surface area contributed by atoms with Crippen LogP contribution in [-0.4, -0.2) is 419 Å². The lowest BCUT2D eigenvalue weighted by molar-refractivity contribution is -0.419. The number of rotatable bonds is 40. The maximum Gasteiger partial charge on any atom is 0.481 e. The maximum absolute atomic E-state index is 13.7. The Bertz CT molecular complexity index is 2980. The number of hydrogen-bond acceptors (Lipinski definition) is 47. The van der Waals surface area contributed by atoms with E-state index in [-0.39, 0.29) is 0 Å². The Morgan fingerprint density at radius 1 is 0.434 bits per heavy atom. The lowest BCUT2D eigenvalue weighted by atomic mass is 9.91. The van der Waals surface area contributed by atoms with Crippen molar-refractivity contribution in [2.24, 2.45) is 17.2 Å². The van der Waals surface area contributed by atoms with E-state index in [4.69, 9.17) is 91.9 Å². The molecule has 59 heteroatoms. The van der Waals surface area contributed by atoms with Gasteiger partial charge in [0.05, 0.1) is 59.5 Å². The van der Waals surface area contributed by atoms with Crippen LogP contribution in [0.2, 0.25) is 0 Å². The fourth-order valence-corrected chi connectivity index (χ4v) is 15.7. The molecule has 6 heterocycles. The Labute approximate surface area is 595 Å². The highest BCUT2D eigenvalue weighted by Crippen LogP contribution is 2.62. The summed E-state index contributed by atoms with van der Waals surface area (Å²) in [6.45, 7) is -12.9. The zero-order chi connectivity index (χ0) is 79.7. The predicted octanol–water partition coefficient (Wildman–Crippen LogP) is -15.6. The highest BCUT2D eigenvalue weighted by atomic mass is 31.3. The minimum Gasteiger partial charge on any atom is -0.477 e. The molecule has 0 aromatic rings. The first-order valence-electron chi connectivity index (χ1n) is 31.2. The van der Waals surface area contributed by atoms with Gasteiger partial charge in [0.1, 0.15) is 165 Å². The number of hydrogen-bond donors (Lipinski definition) is 29. The topological polar surface area (TPSA) is 882 Å². The highest BCUT2D eigenvalue weighted by molar-refractivity contribution is 7.61. The summed E-state index contributed by atoms with van der Waals surface area (Å²) in [6, 6.07) is 0. The number of aliphatic hydroxyl groups is 19. The first-order valence-corrected chi connectivity index (χ1v) is 38.7. The van der Waals surface area contributed by atoms with Crippen LogP contribution >= 0.6 is 39.1 Å². The molecule has 0 saturated carbocycles. The van der Waals surface area contributed by atoms with E-state index in [2.05, 4.69) is 13.4 Å². The second-order valence-corrected chi connectivity index (χ2v) is 30.9. The average molecular weight is 1670 g/mol. The lowest BCUT2D eigenvalue weighted by Gasteiger charge is -2.53. The third-order valence-corrected chi connectivity index (χ3v) is 21.5. The number of carbonyl (C=O) groups is 1. The molecule has 106 heavy (non-hydrogen) atoms. The van der Waals surface area contributed by atoms with Crippen molar-refractivity contribution in [2.75, 3.05) is 79.1 Å². The van der Waals surface area contributed by atoms with Crippen LogP contribution in [0.5, 0.6) is 0 Å². The van der Waals surface area contributed by atoms with Crippen molar-refractivity contribution < 1.29 is 247 Å². The molecule has 54 nitrogen and oxygen atoms in total. The molecular weight excluding hydrogens is 1580 g/mol. The van der Waals surface area contributed by atoms with Gasteiger partial charge in [-0.15, -0.1) is 0 Å². The Kier molecular flexibility index (Phi) is 35.2. The monoisotopic (exact) mass is 1670 g/mol. The van der Waals surface area contributed by atoms with Crippen LogP contribution in [0.1, 0.15) is 6.42 Å². The quantitative estimate of drug-likeness (QED) is 0.0253. The van der Waals surface area contributed by atoms with Crippen LogP contribution in [0.15, 0.2) is 0 Å². The molecule has 6 saturated heterocycles. The first-order chi connectivity index (χ1) is 49.3. The molecule has 6 aliphatic rings. The third-order valence-electron chi connectivity index (χ3n) is 16.3. The molecule has 0 spiro atoms. The number of phosphoric acid groups is 5. The fraction of sp³-hybridized carbons (Fsp3) is 0.979. The van der Waals surface area contributed by atoms with Crippen molar-refractivity contribution in [3.8, 4) is 0 Å². The summed E-state index contributed by atoms with van der Waals surface area (Å²) in [5.74, 6) is -6.20. The second-order valence-electron chi connectivity index (χ2n) is 23.9. The number of carboxylic acid groups (broad SMARTS) is 1. The molecule has 0 aromatic heterocycles. The van der Waals surface area contributed by atoms with Crippen molar-refractivity contribution in [3.05, 3.63) is 0 Å². The van der Waals surface area contributed by atoms with E-state index >= 15 is 0 Å². The zero-order valence-electron chi connectivity index (χ0n) is 54.5. The molecule has 6 rings (SSSR count). The Balaban J connectivity index is 1.62. The van der Waals surface area contributed by atoms with Crippen LogP contribution in [0.4, 0.5) is 0 Å². The average Bonchev–Trinajstić information content (AvgIpc) is 0.756. The summed E-state index contributed by atoms with van der Waals surface area (Å²) in [6.07, 6.45) is -87.2. The van der Waals surface area contributed by atoms with Gasteiger partial charge in [-0.1, -0.05) is 0 Å². The number of phosphoric ester groups is 5. The molecule has 37 atom stereocenters.